The highest BCUT2D eigenvalue weighted by Gasteiger charge is 2.40. The summed E-state index contributed by atoms with van der Waals surface area (Å²) in [7, 11) is 1.61. The quantitative estimate of drug-likeness (QED) is 0.850. The van der Waals surface area contributed by atoms with Crippen molar-refractivity contribution in [1.29, 1.82) is 0 Å². The maximum Gasteiger partial charge on any atom is 0.319 e. The Kier molecular flexibility index (Phi) is 5.86. The SMILES string of the molecule is COc1cccc(NC(=O)NCC2(N3CCOCC3)CCSC2)c1. The van der Waals surface area contributed by atoms with Crippen molar-refractivity contribution >= 4 is 23.5 Å². The summed E-state index contributed by atoms with van der Waals surface area (Å²) in [6.07, 6.45) is 1.11. The van der Waals surface area contributed by atoms with E-state index in [1.165, 1.54) is 0 Å². The average Bonchev–Trinajstić information content (AvgIpc) is 3.11. The summed E-state index contributed by atoms with van der Waals surface area (Å²) in [5.41, 5.74) is 0.785. The Bertz CT molecular complexity index is 558. The fourth-order valence-corrected chi connectivity index (χ4v) is 4.73. The lowest BCUT2D eigenvalue weighted by Gasteiger charge is -2.43. The number of carbonyl (C=O) groups is 1. The van der Waals surface area contributed by atoms with Gasteiger partial charge in [-0.1, -0.05) is 6.07 Å². The molecule has 2 N–H and O–H groups in total. The van der Waals surface area contributed by atoms with Crippen LogP contribution in [0.3, 0.4) is 0 Å². The Labute approximate surface area is 147 Å². The number of ether oxygens (including phenoxy) is 2. The largest absolute Gasteiger partial charge is 0.497 e. The highest BCUT2D eigenvalue weighted by molar-refractivity contribution is 7.99. The molecule has 2 aliphatic heterocycles. The molecule has 1 aromatic carbocycles. The number of methoxy groups -OCH3 is 1. The predicted molar refractivity (Wildman–Crippen MR) is 97.1 cm³/mol. The summed E-state index contributed by atoms with van der Waals surface area (Å²) in [6, 6.07) is 7.20. The van der Waals surface area contributed by atoms with Gasteiger partial charge in [0.15, 0.2) is 0 Å². The van der Waals surface area contributed by atoms with Crippen molar-refractivity contribution in [3.05, 3.63) is 24.3 Å². The van der Waals surface area contributed by atoms with E-state index >= 15 is 0 Å². The van der Waals surface area contributed by atoms with Gasteiger partial charge in [-0.2, -0.15) is 11.8 Å². The normalized spacial score (nSPS) is 24.5. The average molecular weight is 351 g/mol. The van der Waals surface area contributed by atoms with Crippen LogP contribution in [0.1, 0.15) is 6.42 Å². The third-order valence-electron chi connectivity index (χ3n) is 4.67. The lowest BCUT2D eigenvalue weighted by molar-refractivity contribution is -0.0123. The van der Waals surface area contributed by atoms with Crippen molar-refractivity contribution in [2.75, 3.05) is 56.8 Å². The predicted octanol–water partition coefficient (Wildman–Crippen LogP) is 2.02. The van der Waals surface area contributed by atoms with Gasteiger partial charge in [-0.15, -0.1) is 0 Å². The fourth-order valence-electron chi connectivity index (χ4n) is 3.26. The molecular weight excluding hydrogens is 326 g/mol. The number of rotatable bonds is 5. The Hall–Kier alpha value is -1.44. The number of morpholine rings is 1. The van der Waals surface area contributed by atoms with Crippen molar-refractivity contribution < 1.29 is 14.3 Å². The number of nitrogens with zero attached hydrogens (tertiary/aromatic N) is 1. The van der Waals surface area contributed by atoms with Gasteiger partial charge in [-0.25, -0.2) is 4.79 Å². The van der Waals surface area contributed by atoms with Crippen LogP contribution in [0.2, 0.25) is 0 Å². The maximum atomic E-state index is 12.3. The van der Waals surface area contributed by atoms with E-state index in [2.05, 4.69) is 15.5 Å². The van der Waals surface area contributed by atoms with Gasteiger partial charge in [-0.3, -0.25) is 4.90 Å². The van der Waals surface area contributed by atoms with Gasteiger partial charge in [0.2, 0.25) is 0 Å². The van der Waals surface area contributed by atoms with Gasteiger partial charge in [0, 0.05) is 42.7 Å². The molecule has 0 saturated carbocycles. The molecule has 2 fully saturated rings. The first-order chi connectivity index (χ1) is 11.7. The van der Waals surface area contributed by atoms with Gasteiger partial charge in [0.05, 0.1) is 20.3 Å². The smallest absolute Gasteiger partial charge is 0.319 e. The van der Waals surface area contributed by atoms with Crippen LogP contribution < -0.4 is 15.4 Å². The van der Waals surface area contributed by atoms with Crippen LogP contribution in [-0.2, 0) is 4.74 Å². The second kappa shape index (κ2) is 8.09. The molecule has 2 saturated heterocycles. The molecule has 2 amide bonds. The molecule has 0 spiro atoms. The minimum absolute atomic E-state index is 0.0557. The Balaban J connectivity index is 1.57. The Morgan fingerprint density at radius 3 is 2.96 bits per heavy atom. The molecule has 0 aromatic heterocycles. The minimum Gasteiger partial charge on any atom is -0.497 e. The van der Waals surface area contributed by atoms with E-state index in [4.69, 9.17) is 9.47 Å². The van der Waals surface area contributed by atoms with E-state index in [0.29, 0.717) is 6.54 Å². The van der Waals surface area contributed by atoms with Crippen LogP contribution in [0.15, 0.2) is 24.3 Å². The summed E-state index contributed by atoms with van der Waals surface area (Å²) < 4.78 is 10.7. The molecule has 1 atom stereocenters. The molecule has 0 bridgehead atoms. The topological polar surface area (TPSA) is 62.8 Å². The van der Waals surface area contributed by atoms with Gasteiger partial charge < -0.3 is 20.1 Å². The van der Waals surface area contributed by atoms with E-state index in [1.807, 2.05) is 36.0 Å². The van der Waals surface area contributed by atoms with Crippen LogP contribution in [0, 0.1) is 0 Å². The zero-order chi connectivity index (χ0) is 16.8. The zero-order valence-electron chi connectivity index (χ0n) is 14.0. The molecular formula is C17H25N3O3S. The van der Waals surface area contributed by atoms with Gasteiger partial charge in [0.25, 0.3) is 0 Å². The van der Waals surface area contributed by atoms with E-state index in [9.17, 15) is 4.79 Å². The molecule has 0 radical (unpaired) electrons. The lowest BCUT2D eigenvalue weighted by Crippen LogP contribution is -2.59. The van der Waals surface area contributed by atoms with Crippen LogP contribution in [0.5, 0.6) is 5.75 Å². The first-order valence-corrected chi connectivity index (χ1v) is 9.47. The highest BCUT2D eigenvalue weighted by Crippen LogP contribution is 2.33. The molecule has 2 heterocycles. The number of urea groups is 1. The number of carbonyl (C=O) groups excluding carboxylic acids is 1. The number of hydrogen-bond donors (Lipinski definition) is 2. The number of amides is 2. The summed E-state index contributed by atoms with van der Waals surface area (Å²) >= 11 is 1.96. The van der Waals surface area contributed by atoms with E-state index in [-0.39, 0.29) is 11.6 Å². The van der Waals surface area contributed by atoms with Crippen molar-refractivity contribution in [3.8, 4) is 5.75 Å². The molecule has 3 rings (SSSR count). The molecule has 1 unspecified atom stereocenters. The first kappa shape index (κ1) is 17.4. The van der Waals surface area contributed by atoms with E-state index in [1.54, 1.807) is 7.11 Å². The molecule has 24 heavy (non-hydrogen) atoms. The van der Waals surface area contributed by atoms with Crippen molar-refractivity contribution in [2.45, 2.75) is 12.0 Å². The summed E-state index contributed by atoms with van der Waals surface area (Å²) in [5.74, 6) is 2.94. The second-order valence-electron chi connectivity index (χ2n) is 6.17. The van der Waals surface area contributed by atoms with Gasteiger partial charge in [0.1, 0.15) is 5.75 Å². The second-order valence-corrected chi connectivity index (χ2v) is 7.27. The van der Waals surface area contributed by atoms with Crippen molar-refractivity contribution in [3.63, 3.8) is 0 Å². The van der Waals surface area contributed by atoms with Crippen molar-refractivity contribution in [1.82, 2.24) is 10.2 Å². The third kappa shape index (κ3) is 4.15. The van der Waals surface area contributed by atoms with E-state index < -0.39 is 0 Å². The standard InChI is InChI=1S/C17H25N3O3S/c1-22-15-4-2-3-14(11-15)19-16(21)18-12-17(5-10-24-13-17)20-6-8-23-9-7-20/h2-4,11H,5-10,12-13H2,1H3,(H2,18,19,21). The number of thioether (sulfide) groups is 1. The first-order valence-electron chi connectivity index (χ1n) is 8.31. The number of benzene rings is 1. The summed E-state index contributed by atoms with van der Waals surface area (Å²) in [4.78, 5) is 14.8. The van der Waals surface area contributed by atoms with Crippen LogP contribution >= 0.6 is 11.8 Å². The maximum absolute atomic E-state index is 12.3. The molecule has 2 aliphatic rings. The zero-order valence-corrected chi connectivity index (χ0v) is 14.9. The monoisotopic (exact) mass is 351 g/mol. The Morgan fingerprint density at radius 1 is 1.42 bits per heavy atom. The lowest BCUT2D eigenvalue weighted by atomic mass is 9.95. The summed E-state index contributed by atoms with van der Waals surface area (Å²) in [5, 5.41) is 5.94. The number of anilines is 1. The molecule has 6 nitrogen and oxygen atoms in total. The fraction of sp³-hybridized carbons (Fsp3) is 0.588. The highest BCUT2D eigenvalue weighted by atomic mass is 32.2. The van der Waals surface area contributed by atoms with E-state index in [0.717, 1.165) is 55.7 Å². The molecule has 1 aromatic rings. The van der Waals surface area contributed by atoms with Gasteiger partial charge in [-0.05, 0) is 24.3 Å². The molecule has 7 heteroatoms. The molecule has 0 aliphatic carbocycles. The Morgan fingerprint density at radius 2 is 2.25 bits per heavy atom. The third-order valence-corrected chi connectivity index (χ3v) is 5.90. The minimum atomic E-state index is -0.173. The van der Waals surface area contributed by atoms with Crippen LogP contribution in [-0.4, -0.2) is 67.9 Å². The van der Waals surface area contributed by atoms with Crippen molar-refractivity contribution in [2.24, 2.45) is 0 Å². The number of nitrogens with one attached hydrogen (secondary N) is 2. The van der Waals surface area contributed by atoms with Gasteiger partial charge >= 0.3 is 6.03 Å². The summed E-state index contributed by atoms with van der Waals surface area (Å²) in [6.45, 7) is 4.11. The number of hydrogen-bond acceptors (Lipinski definition) is 5. The van der Waals surface area contributed by atoms with Crippen LogP contribution in [0.4, 0.5) is 10.5 Å². The molecule has 132 valence electrons. The van der Waals surface area contributed by atoms with Crippen LogP contribution in [0.25, 0.3) is 0 Å².